The molecular formula is C19H28N2O3. The first-order chi connectivity index (χ1) is 11.6. The van der Waals surface area contributed by atoms with Crippen molar-refractivity contribution in [2.75, 3.05) is 26.4 Å². The van der Waals surface area contributed by atoms with Crippen molar-refractivity contribution in [2.45, 2.75) is 51.2 Å². The van der Waals surface area contributed by atoms with Gasteiger partial charge in [0.25, 0.3) is 0 Å². The minimum atomic E-state index is -0.172. The summed E-state index contributed by atoms with van der Waals surface area (Å²) in [6, 6.07) is 6.39. The van der Waals surface area contributed by atoms with Crippen molar-refractivity contribution < 1.29 is 14.3 Å². The third-order valence-corrected chi connectivity index (χ3v) is 5.20. The Labute approximate surface area is 144 Å². The highest BCUT2D eigenvalue weighted by atomic mass is 16.6. The van der Waals surface area contributed by atoms with Crippen molar-refractivity contribution in [1.29, 1.82) is 0 Å². The van der Waals surface area contributed by atoms with Crippen molar-refractivity contribution in [3.63, 3.8) is 0 Å². The molecule has 0 bridgehead atoms. The fourth-order valence-electron chi connectivity index (χ4n) is 3.80. The Morgan fingerprint density at radius 3 is 2.79 bits per heavy atom. The number of urea groups is 1. The van der Waals surface area contributed by atoms with E-state index in [9.17, 15) is 4.79 Å². The van der Waals surface area contributed by atoms with E-state index in [-0.39, 0.29) is 17.7 Å². The monoisotopic (exact) mass is 332 g/mol. The number of aryl methyl sites for hydroxylation is 2. The van der Waals surface area contributed by atoms with Crippen LogP contribution in [0.5, 0.6) is 0 Å². The van der Waals surface area contributed by atoms with Crippen molar-refractivity contribution in [1.82, 2.24) is 10.6 Å². The first-order valence-electron chi connectivity index (χ1n) is 8.89. The van der Waals surface area contributed by atoms with Gasteiger partial charge in [-0.05, 0) is 49.8 Å². The number of amides is 2. The quantitative estimate of drug-likeness (QED) is 0.890. The number of hydrogen-bond donors (Lipinski definition) is 2. The minimum Gasteiger partial charge on any atom is -0.378 e. The maximum Gasteiger partial charge on any atom is 0.315 e. The zero-order valence-corrected chi connectivity index (χ0v) is 14.7. The summed E-state index contributed by atoms with van der Waals surface area (Å²) in [5.74, 6) is 0. The number of ether oxygens (including phenoxy) is 2. The van der Waals surface area contributed by atoms with Gasteiger partial charge >= 0.3 is 6.03 Å². The molecule has 0 aliphatic carbocycles. The fraction of sp³-hybridized carbons (Fsp3) is 0.632. The molecule has 2 saturated heterocycles. The van der Waals surface area contributed by atoms with Gasteiger partial charge in [-0.2, -0.15) is 0 Å². The number of carbonyl (C=O) groups is 1. The summed E-state index contributed by atoms with van der Waals surface area (Å²) < 4.78 is 11.4. The maximum atomic E-state index is 12.2. The molecule has 2 atom stereocenters. The topological polar surface area (TPSA) is 59.6 Å². The van der Waals surface area contributed by atoms with Gasteiger partial charge in [0.05, 0.1) is 12.2 Å². The summed E-state index contributed by atoms with van der Waals surface area (Å²) in [6.45, 7) is 6.99. The van der Waals surface area contributed by atoms with Crippen LogP contribution in [-0.4, -0.2) is 44.0 Å². The normalized spacial score (nSPS) is 26.5. The van der Waals surface area contributed by atoms with Crippen LogP contribution in [0.25, 0.3) is 0 Å². The lowest BCUT2D eigenvalue weighted by Gasteiger charge is -2.37. The number of carbonyl (C=O) groups excluding carboxylic acids is 1. The Hall–Kier alpha value is -1.59. The molecule has 3 rings (SSSR count). The predicted molar refractivity (Wildman–Crippen MR) is 93.3 cm³/mol. The number of benzene rings is 1. The summed E-state index contributed by atoms with van der Waals surface area (Å²) in [5.41, 5.74) is 3.72. The van der Waals surface area contributed by atoms with Crippen LogP contribution in [0.1, 0.15) is 36.0 Å². The highest BCUT2D eigenvalue weighted by Crippen LogP contribution is 2.32. The summed E-state index contributed by atoms with van der Waals surface area (Å²) >= 11 is 0. The SMILES string of the molecule is Cc1cccc(C)c1CCNC(=O)N[C@@H]1CCO[C@]2(CCOC2)C1. The predicted octanol–water partition coefficient (Wildman–Crippen LogP) is 2.48. The molecule has 24 heavy (non-hydrogen) atoms. The van der Waals surface area contributed by atoms with Gasteiger partial charge in [-0.1, -0.05) is 18.2 Å². The lowest BCUT2D eigenvalue weighted by molar-refractivity contribution is -0.0878. The van der Waals surface area contributed by atoms with Crippen LogP contribution in [0.4, 0.5) is 4.79 Å². The molecule has 1 aromatic carbocycles. The molecule has 1 spiro atoms. The largest absolute Gasteiger partial charge is 0.378 e. The highest BCUT2D eigenvalue weighted by Gasteiger charge is 2.41. The lowest BCUT2D eigenvalue weighted by Crippen LogP contribution is -2.51. The molecule has 5 nitrogen and oxygen atoms in total. The molecule has 0 radical (unpaired) electrons. The van der Waals surface area contributed by atoms with Crippen LogP contribution < -0.4 is 10.6 Å². The first kappa shape index (κ1) is 17.2. The van der Waals surface area contributed by atoms with E-state index in [0.29, 0.717) is 19.8 Å². The van der Waals surface area contributed by atoms with Gasteiger partial charge in [0.2, 0.25) is 0 Å². The molecule has 2 aliphatic heterocycles. The van der Waals surface area contributed by atoms with Crippen LogP contribution in [0, 0.1) is 13.8 Å². The standard InChI is InChI=1S/C19H28N2O3/c1-14-4-3-5-15(2)17(14)6-9-20-18(22)21-16-7-10-24-19(12-16)8-11-23-13-19/h3-5,16H,6-13H2,1-2H3,(H2,20,21,22)/t16-,19-/m1/s1. The maximum absolute atomic E-state index is 12.2. The molecule has 0 saturated carbocycles. The van der Waals surface area contributed by atoms with E-state index in [0.717, 1.165) is 32.3 Å². The van der Waals surface area contributed by atoms with Gasteiger partial charge in [0.15, 0.2) is 0 Å². The highest BCUT2D eigenvalue weighted by molar-refractivity contribution is 5.74. The average Bonchev–Trinajstić information content (AvgIpc) is 2.98. The summed E-state index contributed by atoms with van der Waals surface area (Å²) in [4.78, 5) is 12.2. The lowest BCUT2D eigenvalue weighted by atomic mass is 9.90. The van der Waals surface area contributed by atoms with Gasteiger partial charge in [0, 0.05) is 32.2 Å². The molecule has 132 valence electrons. The van der Waals surface area contributed by atoms with E-state index >= 15 is 0 Å². The molecule has 2 amide bonds. The second kappa shape index (κ2) is 7.53. The molecule has 2 aliphatic rings. The van der Waals surface area contributed by atoms with Crippen LogP contribution in [-0.2, 0) is 15.9 Å². The number of rotatable bonds is 4. The van der Waals surface area contributed by atoms with E-state index in [2.05, 4.69) is 42.7 Å². The Balaban J connectivity index is 1.44. The van der Waals surface area contributed by atoms with Gasteiger partial charge in [-0.15, -0.1) is 0 Å². The molecule has 5 heteroatoms. The van der Waals surface area contributed by atoms with E-state index in [4.69, 9.17) is 9.47 Å². The van der Waals surface area contributed by atoms with Gasteiger partial charge in [-0.3, -0.25) is 0 Å². The molecule has 0 unspecified atom stereocenters. The molecular weight excluding hydrogens is 304 g/mol. The molecule has 2 fully saturated rings. The zero-order chi connectivity index (χ0) is 17.0. The smallest absolute Gasteiger partial charge is 0.315 e. The average molecular weight is 332 g/mol. The van der Waals surface area contributed by atoms with Crippen molar-refractivity contribution in [3.8, 4) is 0 Å². The molecule has 2 N–H and O–H groups in total. The Bertz CT molecular complexity index is 562. The Kier molecular flexibility index (Phi) is 5.41. The van der Waals surface area contributed by atoms with Crippen LogP contribution in [0.15, 0.2) is 18.2 Å². The third-order valence-electron chi connectivity index (χ3n) is 5.20. The van der Waals surface area contributed by atoms with Crippen LogP contribution >= 0.6 is 0 Å². The van der Waals surface area contributed by atoms with E-state index in [1.54, 1.807) is 0 Å². The minimum absolute atomic E-state index is 0.0813. The molecule has 2 heterocycles. The van der Waals surface area contributed by atoms with Crippen molar-refractivity contribution in [2.24, 2.45) is 0 Å². The summed E-state index contributed by atoms with van der Waals surface area (Å²) in [6.07, 6.45) is 3.50. The second-order valence-electron chi connectivity index (χ2n) is 7.04. The van der Waals surface area contributed by atoms with Gasteiger partial charge in [-0.25, -0.2) is 4.79 Å². The van der Waals surface area contributed by atoms with Crippen LogP contribution in [0.2, 0.25) is 0 Å². The van der Waals surface area contributed by atoms with E-state index in [1.807, 2.05) is 0 Å². The zero-order valence-electron chi connectivity index (χ0n) is 14.7. The van der Waals surface area contributed by atoms with Gasteiger partial charge < -0.3 is 20.1 Å². The second-order valence-corrected chi connectivity index (χ2v) is 7.04. The number of hydrogen-bond acceptors (Lipinski definition) is 3. The van der Waals surface area contributed by atoms with Crippen molar-refractivity contribution in [3.05, 3.63) is 34.9 Å². The van der Waals surface area contributed by atoms with Crippen molar-refractivity contribution >= 4 is 6.03 Å². The molecule has 1 aromatic rings. The third kappa shape index (κ3) is 4.08. The Morgan fingerprint density at radius 1 is 1.29 bits per heavy atom. The number of nitrogens with one attached hydrogen (secondary N) is 2. The summed E-state index contributed by atoms with van der Waals surface area (Å²) in [5, 5.41) is 6.09. The Morgan fingerprint density at radius 2 is 2.08 bits per heavy atom. The molecule has 0 aromatic heterocycles. The summed E-state index contributed by atoms with van der Waals surface area (Å²) in [7, 11) is 0. The van der Waals surface area contributed by atoms with E-state index < -0.39 is 0 Å². The first-order valence-corrected chi connectivity index (χ1v) is 8.89. The van der Waals surface area contributed by atoms with E-state index in [1.165, 1.54) is 16.7 Å². The van der Waals surface area contributed by atoms with Crippen LogP contribution in [0.3, 0.4) is 0 Å². The van der Waals surface area contributed by atoms with Gasteiger partial charge in [0.1, 0.15) is 0 Å². The fourth-order valence-corrected chi connectivity index (χ4v) is 3.80.